The van der Waals surface area contributed by atoms with Crippen LogP contribution < -0.4 is 0 Å². The van der Waals surface area contributed by atoms with E-state index in [2.05, 4.69) is 47.2 Å². The molecule has 3 aromatic rings. The molecule has 0 aliphatic carbocycles. The Balaban J connectivity index is 1.51. The summed E-state index contributed by atoms with van der Waals surface area (Å²) < 4.78 is 1.79. The second-order valence-electron chi connectivity index (χ2n) is 6.47. The van der Waals surface area contributed by atoms with Crippen molar-refractivity contribution in [2.45, 2.75) is 13.3 Å². The van der Waals surface area contributed by atoms with Crippen LogP contribution in [0.3, 0.4) is 0 Å². The van der Waals surface area contributed by atoms with Crippen molar-refractivity contribution < 1.29 is 4.79 Å². The van der Waals surface area contributed by atoms with Gasteiger partial charge in [-0.2, -0.15) is 0 Å². The van der Waals surface area contributed by atoms with Gasteiger partial charge in [0.1, 0.15) is 12.1 Å². The molecule has 1 aliphatic rings. The Kier molecular flexibility index (Phi) is 4.35. The van der Waals surface area contributed by atoms with Crippen LogP contribution in [0.4, 0.5) is 0 Å². The van der Waals surface area contributed by atoms with Gasteiger partial charge in [0.15, 0.2) is 0 Å². The number of hydrogen-bond donors (Lipinski definition) is 0. The van der Waals surface area contributed by atoms with Gasteiger partial charge in [0, 0.05) is 37.2 Å². The maximum absolute atomic E-state index is 12.9. The quantitative estimate of drug-likeness (QED) is 0.731. The molecule has 4 rings (SSSR count). The summed E-state index contributed by atoms with van der Waals surface area (Å²) in [5.41, 5.74) is 4.47. The number of benzene rings is 1. The van der Waals surface area contributed by atoms with Crippen molar-refractivity contribution in [3.05, 3.63) is 84.1 Å². The van der Waals surface area contributed by atoms with E-state index < -0.39 is 0 Å². The van der Waals surface area contributed by atoms with E-state index in [1.54, 1.807) is 29.4 Å². The minimum absolute atomic E-state index is 0.0355. The molecule has 0 saturated carbocycles. The van der Waals surface area contributed by atoms with Crippen LogP contribution in [-0.2, 0) is 0 Å². The molecule has 2 aromatic heterocycles. The molecule has 0 bridgehead atoms. The van der Waals surface area contributed by atoms with Gasteiger partial charge < -0.3 is 4.90 Å². The Morgan fingerprint density at radius 1 is 1.15 bits per heavy atom. The first-order valence-corrected chi connectivity index (χ1v) is 8.70. The van der Waals surface area contributed by atoms with Gasteiger partial charge in [-0.1, -0.05) is 35.9 Å². The summed E-state index contributed by atoms with van der Waals surface area (Å²) in [5, 5.41) is 0. The number of pyridine rings is 1. The molecule has 0 spiro atoms. The Morgan fingerprint density at radius 2 is 2.08 bits per heavy atom. The summed E-state index contributed by atoms with van der Waals surface area (Å²) in [6.07, 6.45) is 9.88. The maximum atomic E-state index is 12.9. The lowest BCUT2D eigenvalue weighted by Gasteiger charge is -2.27. The standard InChI is InChI=1S/C21H20N4O/c1-16-3-2-4-18(13-16)17-6-10-24(11-7-17)21(26)19-5-8-23-20(14-19)25-12-9-22-15-25/h2-6,8-9,12-15H,7,10-11H2,1H3. The molecule has 1 aliphatic heterocycles. The van der Waals surface area contributed by atoms with Crippen LogP contribution in [0.2, 0.25) is 0 Å². The summed E-state index contributed by atoms with van der Waals surface area (Å²) >= 11 is 0. The van der Waals surface area contributed by atoms with E-state index in [4.69, 9.17) is 0 Å². The van der Waals surface area contributed by atoms with Crippen LogP contribution in [-0.4, -0.2) is 38.4 Å². The van der Waals surface area contributed by atoms with Crippen LogP contribution in [0.1, 0.15) is 27.9 Å². The third kappa shape index (κ3) is 3.28. The fraction of sp³-hybridized carbons (Fsp3) is 0.190. The summed E-state index contributed by atoms with van der Waals surface area (Å²) in [7, 11) is 0. The molecular weight excluding hydrogens is 324 g/mol. The molecule has 3 heterocycles. The minimum Gasteiger partial charge on any atom is -0.335 e. The van der Waals surface area contributed by atoms with Gasteiger partial charge >= 0.3 is 0 Å². The first-order valence-electron chi connectivity index (χ1n) is 8.70. The lowest BCUT2D eigenvalue weighted by molar-refractivity contribution is 0.0772. The number of carbonyl (C=O) groups is 1. The van der Waals surface area contributed by atoms with Crippen molar-refractivity contribution in [3.63, 3.8) is 0 Å². The molecule has 26 heavy (non-hydrogen) atoms. The summed E-state index contributed by atoms with van der Waals surface area (Å²) in [5.74, 6) is 0.731. The average Bonchev–Trinajstić information content (AvgIpc) is 3.23. The van der Waals surface area contributed by atoms with Crippen molar-refractivity contribution in [1.82, 2.24) is 19.4 Å². The number of aryl methyl sites for hydroxylation is 1. The van der Waals surface area contributed by atoms with Gasteiger partial charge in [-0.25, -0.2) is 9.97 Å². The van der Waals surface area contributed by atoms with E-state index >= 15 is 0 Å². The normalized spacial score (nSPS) is 14.2. The first-order chi connectivity index (χ1) is 12.7. The van der Waals surface area contributed by atoms with Crippen molar-refractivity contribution in [3.8, 4) is 5.82 Å². The fourth-order valence-electron chi connectivity index (χ4n) is 3.23. The molecule has 0 saturated heterocycles. The summed E-state index contributed by atoms with van der Waals surface area (Å²) in [6, 6.07) is 12.1. The van der Waals surface area contributed by atoms with E-state index in [-0.39, 0.29) is 5.91 Å². The van der Waals surface area contributed by atoms with Crippen molar-refractivity contribution in [1.29, 1.82) is 0 Å². The van der Waals surface area contributed by atoms with E-state index in [0.717, 1.165) is 13.0 Å². The number of amides is 1. The minimum atomic E-state index is 0.0355. The Hall–Kier alpha value is -3.21. The van der Waals surface area contributed by atoms with E-state index in [1.807, 2.05) is 17.2 Å². The van der Waals surface area contributed by atoms with Gasteiger partial charge in [0.05, 0.1) is 0 Å². The Morgan fingerprint density at radius 3 is 2.81 bits per heavy atom. The van der Waals surface area contributed by atoms with Crippen LogP contribution >= 0.6 is 0 Å². The smallest absolute Gasteiger partial charge is 0.254 e. The van der Waals surface area contributed by atoms with E-state index in [1.165, 1.54) is 16.7 Å². The summed E-state index contributed by atoms with van der Waals surface area (Å²) in [4.78, 5) is 23.1. The van der Waals surface area contributed by atoms with Gasteiger partial charge in [0.2, 0.25) is 0 Å². The average molecular weight is 344 g/mol. The molecule has 0 N–H and O–H groups in total. The second-order valence-corrected chi connectivity index (χ2v) is 6.47. The zero-order valence-corrected chi connectivity index (χ0v) is 14.7. The molecule has 1 amide bonds. The van der Waals surface area contributed by atoms with Crippen molar-refractivity contribution in [2.75, 3.05) is 13.1 Å². The second kappa shape index (κ2) is 6.96. The molecule has 5 nitrogen and oxygen atoms in total. The fourth-order valence-corrected chi connectivity index (χ4v) is 3.23. The van der Waals surface area contributed by atoms with Crippen molar-refractivity contribution in [2.24, 2.45) is 0 Å². The molecule has 0 radical (unpaired) electrons. The predicted molar refractivity (Wildman–Crippen MR) is 101 cm³/mol. The van der Waals surface area contributed by atoms with Crippen LogP contribution in [0.5, 0.6) is 0 Å². The molecule has 0 atom stereocenters. The zero-order valence-electron chi connectivity index (χ0n) is 14.7. The molecule has 5 heteroatoms. The number of nitrogens with zero attached hydrogens (tertiary/aromatic N) is 4. The number of rotatable bonds is 3. The molecular formula is C21H20N4O. The Labute approximate surface area is 152 Å². The molecule has 0 unspecified atom stereocenters. The SMILES string of the molecule is Cc1cccc(C2=CCN(C(=O)c3ccnc(-n4ccnc4)c3)CC2)c1. The number of imidazole rings is 1. The Bertz CT molecular complexity index is 960. The maximum Gasteiger partial charge on any atom is 0.254 e. The van der Waals surface area contributed by atoms with Gasteiger partial charge in [-0.15, -0.1) is 0 Å². The summed E-state index contributed by atoms with van der Waals surface area (Å²) in [6.45, 7) is 3.45. The highest BCUT2D eigenvalue weighted by molar-refractivity contribution is 5.95. The van der Waals surface area contributed by atoms with Gasteiger partial charge in [0.25, 0.3) is 5.91 Å². The monoisotopic (exact) mass is 344 g/mol. The van der Waals surface area contributed by atoms with E-state index in [0.29, 0.717) is 17.9 Å². The molecule has 0 fully saturated rings. The lowest BCUT2D eigenvalue weighted by Crippen LogP contribution is -2.34. The van der Waals surface area contributed by atoms with Crippen LogP contribution in [0.25, 0.3) is 11.4 Å². The van der Waals surface area contributed by atoms with Crippen molar-refractivity contribution >= 4 is 11.5 Å². The first kappa shape index (κ1) is 16.3. The third-order valence-corrected chi connectivity index (χ3v) is 4.65. The predicted octanol–water partition coefficient (Wildman–Crippen LogP) is 3.51. The highest BCUT2D eigenvalue weighted by Gasteiger charge is 2.20. The topological polar surface area (TPSA) is 51.0 Å². The van der Waals surface area contributed by atoms with Gasteiger partial charge in [-0.05, 0) is 36.6 Å². The molecule has 1 aromatic carbocycles. The highest BCUT2D eigenvalue weighted by Crippen LogP contribution is 2.24. The molecule has 130 valence electrons. The number of hydrogen-bond acceptors (Lipinski definition) is 3. The number of carbonyl (C=O) groups excluding carboxylic acids is 1. The van der Waals surface area contributed by atoms with Gasteiger partial charge in [-0.3, -0.25) is 9.36 Å². The van der Waals surface area contributed by atoms with Crippen LogP contribution in [0.15, 0.2) is 67.4 Å². The van der Waals surface area contributed by atoms with E-state index in [9.17, 15) is 4.79 Å². The zero-order chi connectivity index (χ0) is 17.9. The lowest BCUT2D eigenvalue weighted by atomic mass is 9.98. The third-order valence-electron chi connectivity index (χ3n) is 4.65. The number of aromatic nitrogens is 3. The largest absolute Gasteiger partial charge is 0.335 e. The van der Waals surface area contributed by atoms with Crippen LogP contribution in [0, 0.1) is 6.92 Å². The highest BCUT2D eigenvalue weighted by atomic mass is 16.2.